The van der Waals surface area contributed by atoms with E-state index in [1.807, 2.05) is 0 Å². The predicted molar refractivity (Wildman–Crippen MR) is 100 cm³/mol. The first kappa shape index (κ1) is 20.7. The smallest absolute Gasteiger partial charge is 0.325 e. The van der Waals surface area contributed by atoms with E-state index in [9.17, 15) is 14.4 Å². The molecule has 2 amide bonds. The molecule has 0 radical (unpaired) electrons. The average Bonchev–Trinajstić information content (AvgIpc) is 2.68. The molecular weight excluding hydrogens is 348 g/mol. The summed E-state index contributed by atoms with van der Waals surface area (Å²) in [6.07, 6.45) is 3.21. The molecule has 0 bridgehead atoms. The van der Waals surface area contributed by atoms with Crippen molar-refractivity contribution in [3.8, 4) is 5.75 Å². The van der Waals surface area contributed by atoms with Gasteiger partial charge in [-0.1, -0.05) is 38.8 Å². The Morgan fingerprint density at radius 3 is 2.63 bits per heavy atom. The third kappa shape index (κ3) is 5.98. The van der Waals surface area contributed by atoms with Gasteiger partial charge < -0.3 is 20.1 Å². The summed E-state index contributed by atoms with van der Waals surface area (Å²) < 4.78 is 10.1. The lowest BCUT2D eigenvalue weighted by atomic mass is 9.78. The first-order valence-corrected chi connectivity index (χ1v) is 9.28. The number of benzene rings is 1. The van der Waals surface area contributed by atoms with E-state index in [1.165, 1.54) is 13.5 Å². The molecule has 1 aliphatic rings. The van der Waals surface area contributed by atoms with Crippen LogP contribution in [0, 0.1) is 11.8 Å². The average molecular weight is 376 g/mol. The van der Waals surface area contributed by atoms with E-state index in [1.54, 1.807) is 24.3 Å². The fourth-order valence-corrected chi connectivity index (χ4v) is 3.31. The van der Waals surface area contributed by atoms with Crippen molar-refractivity contribution in [2.45, 2.75) is 39.2 Å². The quantitative estimate of drug-likeness (QED) is 0.709. The lowest BCUT2D eigenvalue weighted by Gasteiger charge is -2.34. The number of carbonyl (C=O) groups is 3. The van der Waals surface area contributed by atoms with Crippen molar-refractivity contribution in [3.05, 3.63) is 29.8 Å². The number of hydrogen-bond acceptors (Lipinski definition) is 5. The van der Waals surface area contributed by atoms with Gasteiger partial charge in [-0.25, -0.2) is 0 Å². The summed E-state index contributed by atoms with van der Waals surface area (Å²) in [6, 6.07) is 6.82. The van der Waals surface area contributed by atoms with Crippen LogP contribution in [0.2, 0.25) is 0 Å². The monoisotopic (exact) mass is 376 g/mol. The molecule has 1 saturated carbocycles. The van der Waals surface area contributed by atoms with E-state index in [2.05, 4.69) is 24.5 Å². The van der Waals surface area contributed by atoms with Crippen molar-refractivity contribution < 1.29 is 23.9 Å². The molecule has 1 fully saturated rings. The molecule has 148 valence electrons. The molecule has 7 nitrogen and oxygen atoms in total. The Balaban J connectivity index is 1.72. The van der Waals surface area contributed by atoms with Crippen molar-refractivity contribution in [1.82, 2.24) is 10.6 Å². The van der Waals surface area contributed by atoms with Crippen molar-refractivity contribution >= 4 is 17.8 Å². The molecule has 0 heterocycles. The molecule has 1 aromatic carbocycles. The zero-order chi connectivity index (χ0) is 19.8. The maximum atomic E-state index is 12.1. The van der Waals surface area contributed by atoms with Gasteiger partial charge in [0.2, 0.25) is 0 Å². The SMILES string of the molecule is COc1ccccc1C(=O)NCC(=O)OCC(=O)N[C@H]1CCC[C@@H](C)[C@H]1C. The first-order valence-electron chi connectivity index (χ1n) is 9.28. The summed E-state index contributed by atoms with van der Waals surface area (Å²) in [7, 11) is 1.47. The van der Waals surface area contributed by atoms with Gasteiger partial charge in [-0.05, 0) is 30.4 Å². The maximum absolute atomic E-state index is 12.1. The van der Waals surface area contributed by atoms with Crippen LogP contribution in [0.3, 0.4) is 0 Å². The van der Waals surface area contributed by atoms with Crippen LogP contribution >= 0.6 is 0 Å². The highest BCUT2D eigenvalue weighted by Gasteiger charge is 2.28. The zero-order valence-corrected chi connectivity index (χ0v) is 16.1. The molecular formula is C20H28N2O5. The Bertz CT molecular complexity index is 676. The number of ether oxygens (including phenoxy) is 2. The highest BCUT2D eigenvalue weighted by Crippen LogP contribution is 2.29. The van der Waals surface area contributed by atoms with Crippen molar-refractivity contribution in [2.24, 2.45) is 11.8 Å². The Hall–Kier alpha value is -2.57. The molecule has 7 heteroatoms. The number of amides is 2. The standard InChI is InChI=1S/C20H28N2O5/c1-13-7-6-9-16(14(13)2)22-18(23)12-27-19(24)11-21-20(25)15-8-4-5-10-17(15)26-3/h4-5,8,10,13-14,16H,6-7,9,11-12H2,1-3H3,(H,21,25)(H,22,23)/t13-,14-,16+/m1/s1. The van der Waals surface area contributed by atoms with Gasteiger partial charge in [-0.15, -0.1) is 0 Å². The van der Waals surface area contributed by atoms with E-state index >= 15 is 0 Å². The lowest BCUT2D eigenvalue weighted by Crippen LogP contribution is -2.45. The predicted octanol–water partition coefficient (Wildman–Crippen LogP) is 1.91. The second kappa shape index (κ2) is 9.94. The molecule has 0 aromatic heterocycles. The maximum Gasteiger partial charge on any atom is 0.325 e. The molecule has 3 atom stereocenters. The van der Waals surface area contributed by atoms with E-state index in [0.29, 0.717) is 23.1 Å². The molecule has 2 N–H and O–H groups in total. The minimum absolute atomic E-state index is 0.116. The number of methoxy groups -OCH3 is 1. The number of nitrogens with one attached hydrogen (secondary N) is 2. The Morgan fingerprint density at radius 2 is 1.89 bits per heavy atom. The minimum Gasteiger partial charge on any atom is -0.496 e. The molecule has 2 rings (SSSR count). The van der Waals surface area contributed by atoms with Gasteiger partial charge in [-0.2, -0.15) is 0 Å². The topological polar surface area (TPSA) is 93.7 Å². The summed E-state index contributed by atoms with van der Waals surface area (Å²) in [5, 5.41) is 5.41. The molecule has 0 unspecified atom stereocenters. The third-order valence-corrected chi connectivity index (χ3v) is 5.16. The minimum atomic E-state index is -0.668. The third-order valence-electron chi connectivity index (χ3n) is 5.16. The van der Waals surface area contributed by atoms with Crippen LogP contribution in [0.5, 0.6) is 5.75 Å². The molecule has 0 saturated heterocycles. The summed E-state index contributed by atoms with van der Waals surface area (Å²) in [5.74, 6) is -0.0448. The van der Waals surface area contributed by atoms with Crippen LogP contribution in [-0.4, -0.2) is 44.1 Å². The molecule has 1 aromatic rings. The Labute approximate surface area is 159 Å². The molecule has 27 heavy (non-hydrogen) atoms. The summed E-state index contributed by atoms with van der Waals surface area (Å²) in [5.41, 5.74) is 0.325. The summed E-state index contributed by atoms with van der Waals surface area (Å²) in [6.45, 7) is 3.66. The van der Waals surface area contributed by atoms with Crippen LogP contribution in [0.4, 0.5) is 0 Å². The summed E-state index contributed by atoms with van der Waals surface area (Å²) >= 11 is 0. The zero-order valence-electron chi connectivity index (χ0n) is 16.1. The number of hydrogen-bond donors (Lipinski definition) is 2. The molecule has 1 aliphatic carbocycles. The number of esters is 1. The molecule has 0 spiro atoms. The van der Waals surface area contributed by atoms with Crippen LogP contribution in [0.15, 0.2) is 24.3 Å². The first-order chi connectivity index (χ1) is 12.9. The van der Waals surface area contributed by atoms with Crippen molar-refractivity contribution in [2.75, 3.05) is 20.3 Å². The van der Waals surface area contributed by atoms with E-state index in [0.717, 1.165) is 12.8 Å². The van der Waals surface area contributed by atoms with Crippen molar-refractivity contribution in [3.63, 3.8) is 0 Å². The summed E-state index contributed by atoms with van der Waals surface area (Å²) in [4.78, 5) is 35.9. The van der Waals surface area contributed by atoms with E-state index in [-0.39, 0.29) is 25.1 Å². The largest absolute Gasteiger partial charge is 0.496 e. The lowest BCUT2D eigenvalue weighted by molar-refractivity contribution is -0.147. The van der Waals surface area contributed by atoms with Gasteiger partial charge in [-0.3, -0.25) is 14.4 Å². The highest BCUT2D eigenvalue weighted by atomic mass is 16.5. The van der Waals surface area contributed by atoms with Gasteiger partial charge in [0, 0.05) is 6.04 Å². The Morgan fingerprint density at radius 1 is 1.15 bits per heavy atom. The number of carbonyl (C=O) groups excluding carboxylic acids is 3. The number of para-hydroxylation sites is 1. The van der Waals surface area contributed by atoms with Crippen LogP contribution in [0.25, 0.3) is 0 Å². The molecule has 0 aliphatic heterocycles. The number of rotatable bonds is 7. The fraction of sp³-hybridized carbons (Fsp3) is 0.550. The van der Waals surface area contributed by atoms with Gasteiger partial charge in [0.25, 0.3) is 11.8 Å². The van der Waals surface area contributed by atoms with Gasteiger partial charge in [0.05, 0.1) is 12.7 Å². The normalized spacial score (nSPS) is 21.8. The van der Waals surface area contributed by atoms with Crippen LogP contribution in [0.1, 0.15) is 43.5 Å². The van der Waals surface area contributed by atoms with Crippen LogP contribution in [-0.2, 0) is 14.3 Å². The van der Waals surface area contributed by atoms with Gasteiger partial charge in [0.1, 0.15) is 12.3 Å². The highest BCUT2D eigenvalue weighted by molar-refractivity contribution is 5.98. The van der Waals surface area contributed by atoms with Crippen molar-refractivity contribution in [1.29, 1.82) is 0 Å². The van der Waals surface area contributed by atoms with Gasteiger partial charge in [0.15, 0.2) is 6.61 Å². The van der Waals surface area contributed by atoms with Gasteiger partial charge >= 0.3 is 5.97 Å². The second-order valence-electron chi connectivity index (χ2n) is 6.98. The second-order valence-corrected chi connectivity index (χ2v) is 6.98. The van der Waals surface area contributed by atoms with Crippen LogP contribution < -0.4 is 15.4 Å². The van der Waals surface area contributed by atoms with E-state index in [4.69, 9.17) is 9.47 Å². The fourth-order valence-electron chi connectivity index (χ4n) is 3.31. The van der Waals surface area contributed by atoms with E-state index < -0.39 is 11.9 Å². The Kier molecular flexibility index (Phi) is 7.64.